The van der Waals surface area contributed by atoms with Crippen LogP contribution >= 0.6 is 0 Å². The van der Waals surface area contributed by atoms with E-state index in [1.54, 1.807) is 0 Å². The Morgan fingerprint density at radius 3 is 1.23 bits per heavy atom. The average Bonchev–Trinajstić information content (AvgIpc) is 3.03. The Labute approximate surface area is 269 Å². The van der Waals surface area contributed by atoms with Crippen LogP contribution in [0, 0.1) is 0 Å². The highest BCUT2D eigenvalue weighted by atomic mass is 16.5. The maximum atomic E-state index is 6.37. The van der Waals surface area contributed by atoms with Gasteiger partial charge in [-0.2, -0.15) is 0 Å². The molecule has 2 aromatic carbocycles. The molecular formula is C42H70O. The zero-order valence-electron chi connectivity index (χ0n) is 29.0. The molecule has 0 spiro atoms. The van der Waals surface area contributed by atoms with Gasteiger partial charge in [-0.15, -0.1) is 0 Å². The van der Waals surface area contributed by atoms with Crippen molar-refractivity contribution >= 4 is 0 Å². The van der Waals surface area contributed by atoms with Crippen LogP contribution in [0.4, 0.5) is 0 Å². The fourth-order valence-electron chi connectivity index (χ4n) is 6.38. The summed E-state index contributed by atoms with van der Waals surface area (Å²) in [4.78, 5) is 0. The normalized spacial score (nSPS) is 12.2. The molecule has 0 heterocycles. The molecule has 0 saturated carbocycles. The molecule has 0 aromatic heterocycles. The van der Waals surface area contributed by atoms with Crippen molar-refractivity contribution in [2.45, 2.75) is 187 Å². The quantitative estimate of drug-likeness (QED) is 0.0856. The summed E-state index contributed by atoms with van der Waals surface area (Å²) in [6.45, 7) is 7.73. The first-order valence-electron chi connectivity index (χ1n) is 19.1. The third kappa shape index (κ3) is 19.4. The lowest BCUT2D eigenvalue weighted by Gasteiger charge is -2.17. The topological polar surface area (TPSA) is 9.23 Å². The first kappa shape index (κ1) is 37.6. The third-order valence-electron chi connectivity index (χ3n) is 9.29. The van der Waals surface area contributed by atoms with Crippen LogP contribution in [-0.2, 0) is 17.6 Å². The fourth-order valence-corrected chi connectivity index (χ4v) is 6.38. The first-order chi connectivity index (χ1) is 21.3. The van der Waals surface area contributed by atoms with Gasteiger partial charge in [0.05, 0.1) is 12.7 Å². The van der Waals surface area contributed by atoms with Crippen LogP contribution in [0.5, 0.6) is 0 Å². The Morgan fingerprint density at radius 2 is 0.791 bits per heavy atom. The molecule has 1 nitrogen and oxygen atoms in total. The largest absolute Gasteiger partial charge is 0.378 e. The molecule has 1 atom stereocenters. The number of aryl methyl sites for hydroxylation is 1. The molecule has 0 saturated heterocycles. The maximum absolute atomic E-state index is 6.37. The summed E-state index contributed by atoms with van der Waals surface area (Å²) in [5.41, 5.74) is 5.51. The van der Waals surface area contributed by atoms with Gasteiger partial charge >= 0.3 is 0 Å². The Hall–Kier alpha value is -1.60. The van der Waals surface area contributed by atoms with Crippen LogP contribution in [0.1, 0.15) is 180 Å². The summed E-state index contributed by atoms with van der Waals surface area (Å²) in [6.07, 6.45) is 34.4. The molecule has 0 amide bonds. The number of rotatable bonds is 29. The van der Waals surface area contributed by atoms with E-state index in [4.69, 9.17) is 4.74 Å². The highest BCUT2D eigenvalue weighted by Crippen LogP contribution is 2.22. The van der Waals surface area contributed by atoms with E-state index in [0.717, 1.165) is 13.0 Å². The van der Waals surface area contributed by atoms with Gasteiger partial charge in [-0.3, -0.25) is 0 Å². The van der Waals surface area contributed by atoms with Crippen molar-refractivity contribution < 1.29 is 4.74 Å². The van der Waals surface area contributed by atoms with Crippen LogP contribution in [0.15, 0.2) is 48.5 Å². The molecule has 1 unspecified atom stereocenters. The SMILES string of the molecule is CCCCCCCCCCCCc1ccc(-c2ccc(CCOC(CCC)CCCCCCCCCCCC)cc2)cc1. The van der Waals surface area contributed by atoms with Crippen LogP contribution in [-0.4, -0.2) is 12.7 Å². The van der Waals surface area contributed by atoms with E-state index in [1.165, 1.54) is 176 Å². The molecule has 0 aliphatic rings. The van der Waals surface area contributed by atoms with Crippen LogP contribution < -0.4 is 0 Å². The first-order valence-corrected chi connectivity index (χ1v) is 19.1. The van der Waals surface area contributed by atoms with Crippen LogP contribution in [0.2, 0.25) is 0 Å². The van der Waals surface area contributed by atoms with Gasteiger partial charge < -0.3 is 4.74 Å². The van der Waals surface area contributed by atoms with Crippen molar-refractivity contribution in [3.63, 3.8) is 0 Å². The van der Waals surface area contributed by atoms with Crippen molar-refractivity contribution in [1.82, 2.24) is 0 Å². The van der Waals surface area contributed by atoms with Crippen LogP contribution in [0.3, 0.4) is 0 Å². The predicted octanol–water partition coefficient (Wildman–Crippen LogP) is 13.9. The number of hydrogen-bond acceptors (Lipinski definition) is 1. The number of hydrogen-bond donors (Lipinski definition) is 0. The molecule has 2 rings (SSSR count). The van der Waals surface area contributed by atoms with Crippen molar-refractivity contribution in [2.75, 3.05) is 6.61 Å². The van der Waals surface area contributed by atoms with Gasteiger partial charge in [-0.05, 0) is 54.4 Å². The van der Waals surface area contributed by atoms with Gasteiger partial charge in [0.2, 0.25) is 0 Å². The Balaban J connectivity index is 1.57. The standard InChI is InChI=1S/C42H70O/c1-4-7-9-11-13-15-17-19-21-23-26-38-28-32-40(33-29-38)41-34-30-39(31-35-41)36-37-43-42(25-6-3)27-24-22-20-18-16-14-12-10-8-5-2/h28-35,42H,4-27,36-37H2,1-3H3. The second-order valence-electron chi connectivity index (χ2n) is 13.3. The fraction of sp³-hybridized carbons (Fsp3) is 0.714. The van der Waals surface area contributed by atoms with E-state index in [1.807, 2.05) is 0 Å². The summed E-state index contributed by atoms with van der Waals surface area (Å²) in [5, 5.41) is 0. The van der Waals surface area contributed by atoms with Gasteiger partial charge in [0.15, 0.2) is 0 Å². The van der Waals surface area contributed by atoms with Crippen molar-refractivity contribution in [1.29, 1.82) is 0 Å². The molecule has 1 heteroatoms. The second-order valence-corrected chi connectivity index (χ2v) is 13.3. The summed E-state index contributed by atoms with van der Waals surface area (Å²) in [7, 11) is 0. The zero-order valence-corrected chi connectivity index (χ0v) is 29.0. The van der Waals surface area contributed by atoms with E-state index in [9.17, 15) is 0 Å². The van der Waals surface area contributed by atoms with Gasteiger partial charge in [0, 0.05) is 0 Å². The van der Waals surface area contributed by atoms with E-state index < -0.39 is 0 Å². The maximum Gasteiger partial charge on any atom is 0.0575 e. The number of unbranched alkanes of at least 4 members (excludes halogenated alkanes) is 18. The smallest absolute Gasteiger partial charge is 0.0575 e. The highest BCUT2D eigenvalue weighted by molar-refractivity contribution is 5.64. The van der Waals surface area contributed by atoms with Gasteiger partial charge in [0.1, 0.15) is 0 Å². The van der Waals surface area contributed by atoms with E-state index in [2.05, 4.69) is 69.3 Å². The van der Waals surface area contributed by atoms with Gasteiger partial charge in [-0.1, -0.05) is 198 Å². The highest BCUT2D eigenvalue weighted by Gasteiger charge is 2.08. The lowest BCUT2D eigenvalue weighted by atomic mass is 9.99. The summed E-state index contributed by atoms with van der Waals surface area (Å²) < 4.78 is 6.37. The molecule has 0 aliphatic carbocycles. The summed E-state index contributed by atoms with van der Waals surface area (Å²) in [5.74, 6) is 0. The molecule has 0 N–H and O–H groups in total. The van der Waals surface area contributed by atoms with E-state index >= 15 is 0 Å². The lowest BCUT2D eigenvalue weighted by Crippen LogP contribution is -2.14. The van der Waals surface area contributed by atoms with E-state index in [-0.39, 0.29) is 0 Å². The number of benzene rings is 2. The minimum Gasteiger partial charge on any atom is -0.378 e. The lowest BCUT2D eigenvalue weighted by molar-refractivity contribution is 0.0414. The van der Waals surface area contributed by atoms with Gasteiger partial charge in [-0.25, -0.2) is 0 Å². The zero-order chi connectivity index (χ0) is 30.6. The van der Waals surface area contributed by atoms with Crippen molar-refractivity contribution in [3.05, 3.63) is 59.7 Å². The van der Waals surface area contributed by atoms with Crippen molar-refractivity contribution in [2.24, 2.45) is 0 Å². The minimum absolute atomic E-state index is 0.442. The van der Waals surface area contributed by atoms with Crippen LogP contribution in [0.25, 0.3) is 11.1 Å². The monoisotopic (exact) mass is 591 g/mol. The molecule has 43 heavy (non-hydrogen) atoms. The molecule has 2 aromatic rings. The molecule has 0 bridgehead atoms. The predicted molar refractivity (Wildman–Crippen MR) is 192 cm³/mol. The molecule has 0 aliphatic heterocycles. The number of ether oxygens (including phenoxy) is 1. The van der Waals surface area contributed by atoms with Crippen molar-refractivity contribution in [3.8, 4) is 11.1 Å². The summed E-state index contributed by atoms with van der Waals surface area (Å²) >= 11 is 0. The molecular weight excluding hydrogens is 520 g/mol. The van der Waals surface area contributed by atoms with E-state index in [0.29, 0.717) is 6.10 Å². The minimum atomic E-state index is 0.442. The molecule has 244 valence electrons. The Morgan fingerprint density at radius 1 is 0.395 bits per heavy atom. The third-order valence-corrected chi connectivity index (χ3v) is 9.29. The van der Waals surface area contributed by atoms with Gasteiger partial charge in [0.25, 0.3) is 0 Å². The molecule has 0 fully saturated rings. The Kier molecular flexibility index (Phi) is 23.4. The second kappa shape index (κ2) is 26.8. The average molecular weight is 591 g/mol. The Bertz CT molecular complexity index is 851. The molecule has 0 radical (unpaired) electrons. The summed E-state index contributed by atoms with van der Waals surface area (Å²) in [6, 6.07) is 18.5.